The fraction of sp³-hybridized carbons (Fsp3) is 0.385. The van der Waals surface area contributed by atoms with Crippen LogP contribution in [0.25, 0.3) is 0 Å². The van der Waals surface area contributed by atoms with E-state index in [0.29, 0.717) is 12.8 Å². The third-order valence-corrected chi connectivity index (χ3v) is 3.48. The minimum Gasteiger partial charge on any atom is -0.480 e. The van der Waals surface area contributed by atoms with Crippen molar-refractivity contribution in [1.82, 2.24) is 5.32 Å². The summed E-state index contributed by atoms with van der Waals surface area (Å²) in [7, 11) is 0. The van der Waals surface area contributed by atoms with Gasteiger partial charge in [0, 0.05) is 5.69 Å². The summed E-state index contributed by atoms with van der Waals surface area (Å²) in [6.45, 7) is 0. The molecule has 19 heavy (non-hydrogen) atoms. The number of hydrogen-bond donors (Lipinski definition) is 3. The Bertz CT molecular complexity index is 525. The van der Waals surface area contributed by atoms with Crippen molar-refractivity contribution in [3.05, 3.63) is 29.6 Å². The van der Waals surface area contributed by atoms with Gasteiger partial charge in [-0.1, -0.05) is 12.8 Å². The molecule has 1 aliphatic rings. The first kappa shape index (κ1) is 13.3. The van der Waals surface area contributed by atoms with Crippen LogP contribution in [0.5, 0.6) is 0 Å². The van der Waals surface area contributed by atoms with Gasteiger partial charge in [-0.2, -0.15) is 0 Å². The zero-order valence-electron chi connectivity index (χ0n) is 10.3. The first-order valence-corrected chi connectivity index (χ1v) is 6.05. The van der Waals surface area contributed by atoms with E-state index in [1.165, 1.54) is 6.07 Å². The number of aliphatic carboxylic acids is 1. The van der Waals surface area contributed by atoms with Crippen LogP contribution in [0.15, 0.2) is 18.2 Å². The molecule has 1 aromatic rings. The highest BCUT2D eigenvalue weighted by Crippen LogP contribution is 2.30. The summed E-state index contributed by atoms with van der Waals surface area (Å²) in [6, 6.07) is 3.44. The summed E-state index contributed by atoms with van der Waals surface area (Å²) in [4.78, 5) is 23.4. The molecule has 6 heteroatoms. The third-order valence-electron chi connectivity index (χ3n) is 3.48. The monoisotopic (exact) mass is 266 g/mol. The van der Waals surface area contributed by atoms with Crippen molar-refractivity contribution in [3.8, 4) is 0 Å². The van der Waals surface area contributed by atoms with E-state index in [1.54, 1.807) is 0 Å². The van der Waals surface area contributed by atoms with Gasteiger partial charge in [-0.3, -0.25) is 4.79 Å². The van der Waals surface area contributed by atoms with E-state index in [9.17, 15) is 19.1 Å². The first-order chi connectivity index (χ1) is 8.94. The number of rotatable bonds is 3. The molecule has 0 radical (unpaired) electrons. The van der Waals surface area contributed by atoms with Gasteiger partial charge in [0.25, 0.3) is 5.91 Å². The number of anilines is 1. The number of amides is 1. The number of benzene rings is 1. The number of halogens is 1. The molecule has 0 spiro atoms. The lowest BCUT2D eigenvalue weighted by atomic mass is 9.97. The lowest BCUT2D eigenvalue weighted by Crippen LogP contribution is -2.52. The average Bonchev–Trinajstić information content (AvgIpc) is 2.82. The number of carboxylic acids is 1. The van der Waals surface area contributed by atoms with Crippen molar-refractivity contribution >= 4 is 17.6 Å². The average molecular weight is 266 g/mol. The highest BCUT2D eigenvalue weighted by Gasteiger charge is 2.42. The Labute approximate surface area is 109 Å². The number of carbonyl (C=O) groups excluding carboxylic acids is 1. The predicted molar refractivity (Wildman–Crippen MR) is 67.1 cm³/mol. The van der Waals surface area contributed by atoms with Gasteiger partial charge in [0.05, 0.1) is 5.56 Å². The van der Waals surface area contributed by atoms with E-state index in [-0.39, 0.29) is 11.3 Å². The van der Waals surface area contributed by atoms with E-state index in [4.69, 9.17) is 5.73 Å². The van der Waals surface area contributed by atoms with Gasteiger partial charge in [0.2, 0.25) is 0 Å². The Morgan fingerprint density at radius 1 is 1.32 bits per heavy atom. The Kier molecular flexibility index (Phi) is 3.42. The second-order valence-electron chi connectivity index (χ2n) is 4.78. The molecule has 5 nitrogen and oxygen atoms in total. The van der Waals surface area contributed by atoms with E-state index in [0.717, 1.165) is 25.0 Å². The van der Waals surface area contributed by atoms with Gasteiger partial charge in [0.1, 0.15) is 11.4 Å². The zero-order valence-corrected chi connectivity index (χ0v) is 10.3. The molecule has 1 aliphatic carbocycles. The topological polar surface area (TPSA) is 92.4 Å². The fourth-order valence-electron chi connectivity index (χ4n) is 2.38. The van der Waals surface area contributed by atoms with E-state index in [2.05, 4.69) is 5.32 Å². The molecule has 4 N–H and O–H groups in total. The number of carboxylic acid groups (broad SMARTS) is 1. The molecular formula is C13H15FN2O3. The highest BCUT2D eigenvalue weighted by atomic mass is 19.1. The molecule has 2 rings (SSSR count). The van der Waals surface area contributed by atoms with E-state index >= 15 is 0 Å². The SMILES string of the molecule is Nc1ccc(F)cc1C(=O)NC1(C(=O)O)CCCC1. The van der Waals surface area contributed by atoms with Crippen molar-refractivity contribution in [3.63, 3.8) is 0 Å². The number of nitrogens with one attached hydrogen (secondary N) is 1. The minimum atomic E-state index is -1.25. The van der Waals surface area contributed by atoms with Crippen LogP contribution in [0.4, 0.5) is 10.1 Å². The summed E-state index contributed by atoms with van der Waals surface area (Å²) in [5.74, 6) is -2.30. The molecule has 1 amide bonds. The van der Waals surface area contributed by atoms with Crippen LogP contribution >= 0.6 is 0 Å². The molecule has 0 heterocycles. The number of hydrogen-bond acceptors (Lipinski definition) is 3. The first-order valence-electron chi connectivity index (χ1n) is 6.05. The number of nitrogens with two attached hydrogens (primary N) is 1. The molecule has 0 saturated heterocycles. The molecule has 1 aromatic carbocycles. The van der Waals surface area contributed by atoms with Gasteiger partial charge < -0.3 is 16.2 Å². The Morgan fingerprint density at radius 3 is 2.53 bits per heavy atom. The smallest absolute Gasteiger partial charge is 0.329 e. The van der Waals surface area contributed by atoms with Crippen LogP contribution in [-0.4, -0.2) is 22.5 Å². The van der Waals surface area contributed by atoms with Crippen molar-refractivity contribution in [2.45, 2.75) is 31.2 Å². The Morgan fingerprint density at radius 2 is 1.95 bits per heavy atom. The van der Waals surface area contributed by atoms with Crippen molar-refractivity contribution in [2.24, 2.45) is 0 Å². The normalized spacial score (nSPS) is 17.1. The maximum atomic E-state index is 13.1. The standard InChI is InChI=1S/C13H15FN2O3/c14-8-3-4-10(15)9(7-8)11(17)16-13(12(18)19)5-1-2-6-13/h3-4,7H,1-2,5-6,15H2,(H,16,17)(H,18,19). The van der Waals surface area contributed by atoms with Gasteiger partial charge >= 0.3 is 5.97 Å². The summed E-state index contributed by atoms with van der Waals surface area (Å²) in [5.41, 5.74) is 4.44. The summed E-state index contributed by atoms with van der Waals surface area (Å²) in [5, 5.41) is 11.8. The van der Waals surface area contributed by atoms with Gasteiger partial charge in [-0.15, -0.1) is 0 Å². The van der Waals surface area contributed by atoms with E-state index in [1.807, 2.05) is 0 Å². The second-order valence-corrected chi connectivity index (χ2v) is 4.78. The molecule has 0 bridgehead atoms. The largest absolute Gasteiger partial charge is 0.480 e. The summed E-state index contributed by atoms with van der Waals surface area (Å²) >= 11 is 0. The third kappa shape index (κ3) is 2.52. The number of nitrogen functional groups attached to an aromatic ring is 1. The lowest BCUT2D eigenvalue weighted by molar-refractivity contribution is -0.144. The molecule has 0 atom stereocenters. The summed E-state index contributed by atoms with van der Waals surface area (Å²) < 4.78 is 13.1. The highest BCUT2D eigenvalue weighted by molar-refractivity contribution is 6.01. The van der Waals surface area contributed by atoms with Crippen molar-refractivity contribution in [1.29, 1.82) is 0 Å². The van der Waals surface area contributed by atoms with Gasteiger partial charge in [0.15, 0.2) is 0 Å². The molecule has 1 fully saturated rings. The molecule has 0 unspecified atom stereocenters. The van der Waals surface area contributed by atoms with Crippen LogP contribution in [0.2, 0.25) is 0 Å². The fourth-order valence-corrected chi connectivity index (χ4v) is 2.38. The quantitative estimate of drug-likeness (QED) is 0.723. The van der Waals surface area contributed by atoms with Crippen LogP contribution in [-0.2, 0) is 4.79 Å². The van der Waals surface area contributed by atoms with E-state index < -0.39 is 23.2 Å². The van der Waals surface area contributed by atoms with Crippen LogP contribution < -0.4 is 11.1 Å². The zero-order chi connectivity index (χ0) is 14.0. The molecule has 102 valence electrons. The molecular weight excluding hydrogens is 251 g/mol. The van der Waals surface area contributed by atoms with Crippen LogP contribution in [0.1, 0.15) is 36.0 Å². The van der Waals surface area contributed by atoms with Gasteiger partial charge in [-0.25, -0.2) is 9.18 Å². The van der Waals surface area contributed by atoms with Gasteiger partial charge in [-0.05, 0) is 31.0 Å². The number of carbonyl (C=O) groups is 2. The predicted octanol–water partition coefficient (Wildman–Crippen LogP) is 1.54. The van der Waals surface area contributed by atoms with Crippen LogP contribution in [0, 0.1) is 5.82 Å². The maximum Gasteiger partial charge on any atom is 0.329 e. The van der Waals surface area contributed by atoms with Crippen LogP contribution in [0.3, 0.4) is 0 Å². The Balaban J connectivity index is 2.25. The molecule has 0 aromatic heterocycles. The van der Waals surface area contributed by atoms with Crippen molar-refractivity contribution in [2.75, 3.05) is 5.73 Å². The molecule has 1 saturated carbocycles. The molecule has 0 aliphatic heterocycles. The summed E-state index contributed by atoms with van der Waals surface area (Å²) in [6.07, 6.45) is 2.24. The minimum absolute atomic E-state index is 0.0347. The second kappa shape index (κ2) is 4.87. The van der Waals surface area contributed by atoms with Crippen molar-refractivity contribution < 1.29 is 19.1 Å². The lowest BCUT2D eigenvalue weighted by Gasteiger charge is -2.25. The maximum absolute atomic E-state index is 13.1. The Hall–Kier alpha value is -2.11.